The van der Waals surface area contributed by atoms with Gasteiger partial charge in [-0.25, -0.2) is 0 Å². The number of H-pyrrole nitrogens is 1. The number of aromatic nitrogens is 2. The summed E-state index contributed by atoms with van der Waals surface area (Å²) in [5, 5.41) is 1.92. The summed E-state index contributed by atoms with van der Waals surface area (Å²) in [7, 11) is 0. The van der Waals surface area contributed by atoms with E-state index in [0.717, 1.165) is 42.7 Å². The van der Waals surface area contributed by atoms with Crippen molar-refractivity contribution in [3.05, 3.63) is 62.0 Å². The molecule has 0 aliphatic carbocycles. The Morgan fingerprint density at radius 2 is 2.00 bits per heavy atom. The highest BCUT2D eigenvalue weighted by Gasteiger charge is 2.15. The van der Waals surface area contributed by atoms with E-state index >= 15 is 0 Å². The van der Waals surface area contributed by atoms with Gasteiger partial charge in [-0.05, 0) is 47.6 Å². The number of nitrogens with zero attached hydrogens (tertiary/aromatic N) is 2. The summed E-state index contributed by atoms with van der Waals surface area (Å²) in [6, 6.07) is 10.6. The van der Waals surface area contributed by atoms with Gasteiger partial charge in [-0.3, -0.25) is 14.3 Å². The molecule has 3 aromatic rings. The molecule has 0 spiro atoms. The number of nitrogens with one attached hydrogen (secondary N) is 1. The van der Waals surface area contributed by atoms with E-state index < -0.39 is 0 Å². The zero-order valence-electron chi connectivity index (χ0n) is 13.3. The molecule has 124 valence electrons. The van der Waals surface area contributed by atoms with Gasteiger partial charge in [0.1, 0.15) is 4.70 Å². The molecule has 4 rings (SSSR count). The van der Waals surface area contributed by atoms with Crippen molar-refractivity contribution in [2.75, 3.05) is 13.1 Å². The van der Waals surface area contributed by atoms with Gasteiger partial charge >= 0.3 is 0 Å². The Morgan fingerprint density at radius 1 is 1.17 bits per heavy atom. The van der Waals surface area contributed by atoms with Crippen LogP contribution in [-0.4, -0.2) is 27.5 Å². The monoisotopic (exact) mass is 357 g/mol. The van der Waals surface area contributed by atoms with Gasteiger partial charge in [0.25, 0.3) is 5.56 Å². The number of thiophene rings is 1. The highest BCUT2D eigenvalue weighted by atomic mass is 32.1. The zero-order chi connectivity index (χ0) is 16.5. The Labute approximate surface area is 149 Å². The molecule has 2 aromatic heterocycles. The predicted molar refractivity (Wildman–Crippen MR) is 101 cm³/mol. The number of aromatic amines is 1. The summed E-state index contributed by atoms with van der Waals surface area (Å²) in [6.07, 6.45) is 2.04. The molecule has 4 nitrogen and oxygen atoms in total. The molecule has 1 N–H and O–H groups in total. The first-order valence-electron chi connectivity index (χ1n) is 8.22. The second kappa shape index (κ2) is 6.63. The molecule has 0 fully saturated rings. The zero-order valence-corrected chi connectivity index (χ0v) is 15.0. The van der Waals surface area contributed by atoms with Crippen molar-refractivity contribution in [3.8, 4) is 0 Å². The van der Waals surface area contributed by atoms with Crippen LogP contribution < -0.4 is 5.56 Å². The van der Waals surface area contributed by atoms with Crippen LogP contribution in [0.25, 0.3) is 10.2 Å². The standard InChI is InChI=1S/C18H19N3OS2/c22-17-16-15(7-11-24-16)19-18(23)21(17)9-3-8-20-10-6-13-4-1-2-5-14(13)12-20/h1-2,4-5,7,11H,3,6,8-10,12H2,(H,19,23). The fourth-order valence-electron chi connectivity index (χ4n) is 3.37. The lowest BCUT2D eigenvalue weighted by molar-refractivity contribution is 0.246. The van der Waals surface area contributed by atoms with E-state index in [9.17, 15) is 4.79 Å². The van der Waals surface area contributed by atoms with E-state index in [1.807, 2.05) is 11.4 Å². The van der Waals surface area contributed by atoms with E-state index in [-0.39, 0.29) is 5.56 Å². The van der Waals surface area contributed by atoms with E-state index in [2.05, 4.69) is 34.1 Å². The molecule has 0 unspecified atom stereocenters. The highest BCUT2D eigenvalue weighted by molar-refractivity contribution is 7.71. The number of fused-ring (bicyclic) bond motifs is 2. The van der Waals surface area contributed by atoms with Gasteiger partial charge in [0, 0.05) is 26.2 Å². The van der Waals surface area contributed by atoms with Crippen molar-refractivity contribution in [3.63, 3.8) is 0 Å². The van der Waals surface area contributed by atoms with Crippen molar-refractivity contribution < 1.29 is 0 Å². The minimum Gasteiger partial charge on any atom is -0.331 e. The third-order valence-electron chi connectivity index (χ3n) is 4.66. The first kappa shape index (κ1) is 15.7. The minimum atomic E-state index is 0.0349. The predicted octanol–water partition coefficient (Wildman–Crippen LogP) is 3.57. The lowest BCUT2D eigenvalue weighted by Crippen LogP contribution is -2.32. The van der Waals surface area contributed by atoms with Crippen molar-refractivity contribution >= 4 is 33.8 Å². The Kier molecular flexibility index (Phi) is 4.35. The third kappa shape index (κ3) is 2.97. The van der Waals surface area contributed by atoms with Crippen LogP contribution in [-0.2, 0) is 19.5 Å². The van der Waals surface area contributed by atoms with Crippen molar-refractivity contribution in [2.45, 2.75) is 25.9 Å². The summed E-state index contributed by atoms with van der Waals surface area (Å²) in [5.74, 6) is 0. The molecule has 1 aliphatic rings. The number of rotatable bonds is 4. The van der Waals surface area contributed by atoms with E-state index in [4.69, 9.17) is 12.2 Å². The molecule has 6 heteroatoms. The molecule has 24 heavy (non-hydrogen) atoms. The second-order valence-electron chi connectivity index (χ2n) is 6.20. The maximum absolute atomic E-state index is 12.5. The van der Waals surface area contributed by atoms with Crippen LogP contribution in [0.15, 0.2) is 40.5 Å². The molecule has 0 atom stereocenters. The summed E-state index contributed by atoms with van der Waals surface area (Å²) >= 11 is 6.82. The molecule has 0 saturated heterocycles. The van der Waals surface area contributed by atoms with Crippen LogP contribution in [0.1, 0.15) is 17.5 Å². The average Bonchev–Trinajstić information content (AvgIpc) is 3.06. The summed E-state index contributed by atoms with van der Waals surface area (Å²) < 4.78 is 2.98. The van der Waals surface area contributed by atoms with Crippen molar-refractivity contribution in [2.24, 2.45) is 0 Å². The van der Waals surface area contributed by atoms with E-state index in [1.54, 1.807) is 4.57 Å². The van der Waals surface area contributed by atoms with Crippen LogP contribution in [0.2, 0.25) is 0 Å². The molecule has 3 heterocycles. The van der Waals surface area contributed by atoms with Gasteiger partial charge < -0.3 is 4.98 Å². The van der Waals surface area contributed by atoms with Crippen LogP contribution >= 0.6 is 23.6 Å². The molecule has 0 amide bonds. The second-order valence-corrected chi connectivity index (χ2v) is 7.50. The maximum Gasteiger partial charge on any atom is 0.272 e. The fourth-order valence-corrected chi connectivity index (χ4v) is 4.45. The number of benzene rings is 1. The van der Waals surface area contributed by atoms with Gasteiger partial charge in [-0.1, -0.05) is 24.3 Å². The van der Waals surface area contributed by atoms with Crippen molar-refractivity contribution in [1.29, 1.82) is 0 Å². The first-order chi connectivity index (χ1) is 11.7. The lowest BCUT2D eigenvalue weighted by atomic mass is 10.00. The molecular weight excluding hydrogens is 338 g/mol. The van der Waals surface area contributed by atoms with Crippen LogP contribution in [0, 0.1) is 4.77 Å². The normalized spacial score (nSPS) is 14.8. The quantitative estimate of drug-likeness (QED) is 0.726. The fraction of sp³-hybridized carbons (Fsp3) is 0.333. The van der Waals surface area contributed by atoms with Crippen LogP contribution in [0.5, 0.6) is 0 Å². The molecule has 0 radical (unpaired) electrons. The van der Waals surface area contributed by atoms with Crippen LogP contribution in [0.3, 0.4) is 0 Å². The maximum atomic E-state index is 12.5. The van der Waals surface area contributed by atoms with Gasteiger partial charge in [-0.2, -0.15) is 0 Å². The third-order valence-corrected chi connectivity index (χ3v) is 5.88. The Balaban J connectivity index is 1.43. The average molecular weight is 358 g/mol. The first-order valence-corrected chi connectivity index (χ1v) is 9.50. The van der Waals surface area contributed by atoms with Gasteiger partial charge in [0.05, 0.1) is 5.52 Å². The Morgan fingerprint density at radius 3 is 2.88 bits per heavy atom. The van der Waals surface area contributed by atoms with E-state index in [0.29, 0.717) is 11.3 Å². The number of hydrogen-bond donors (Lipinski definition) is 1. The number of hydrogen-bond acceptors (Lipinski definition) is 4. The largest absolute Gasteiger partial charge is 0.331 e. The SMILES string of the molecule is O=c1c2sccc2[nH]c(=S)n1CCCN1CCc2ccccc2C1. The minimum absolute atomic E-state index is 0.0349. The molecule has 0 saturated carbocycles. The summed E-state index contributed by atoms with van der Waals surface area (Å²) in [4.78, 5) is 18.1. The Hall–Kier alpha value is -1.76. The lowest BCUT2D eigenvalue weighted by Gasteiger charge is -2.28. The summed E-state index contributed by atoms with van der Waals surface area (Å²) in [6.45, 7) is 3.74. The highest BCUT2D eigenvalue weighted by Crippen LogP contribution is 2.18. The molecule has 1 aromatic carbocycles. The van der Waals surface area contributed by atoms with Gasteiger partial charge in [-0.15, -0.1) is 11.3 Å². The van der Waals surface area contributed by atoms with Crippen LogP contribution in [0.4, 0.5) is 0 Å². The van der Waals surface area contributed by atoms with Gasteiger partial charge in [0.15, 0.2) is 4.77 Å². The molecule has 0 bridgehead atoms. The Bertz CT molecular complexity index is 986. The van der Waals surface area contributed by atoms with E-state index in [1.165, 1.54) is 22.5 Å². The smallest absolute Gasteiger partial charge is 0.272 e. The van der Waals surface area contributed by atoms with Gasteiger partial charge in [0.2, 0.25) is 0 Å². The summed E-state index contributed by atoms with van der Waals surface area (Å²) in [5.41, 5.74) is 3.78. The molecule has 1 aliphatic heterocycles. The molecular formula is C18H19N3OS2. The topological polar surface area (TPSA) is 41.0 Å². The van der Waals surface area contributed by atoms with Crippen molar-refractivity contribution in [1.82, 2.24) is 14.5 Å².